The van der Waals surface area contributed by atoms with Gasteiger partial charge in [-0.05, 0) is 56.5 Å². The number of ketones is 1. The van der Waals surface area contributed by atoms with Crippen molar-refractivity contribution in [3.8, 4) is 11.5 Å². The van der Waals surface area contributed by atoms with Gasteiger partial charge in [-0.25, -0.2) is 0 Å². The molecule has 1 aromatic rings. The Labute approximate surface area is 115 Å². The highest BCUT2D eigenvalue weighted by Crippen LogP contribution is 2.33. The summed E-state index contributed by atoms with van der Waals surface area (Å²) in [4.78, 5) is 10.9. The van der Waals surface area contributed by atoms with Crippen LogP contribution in [-0.4, -0.2) is 33.1 Å². The third-order valence-corrected chi connectivity index (χ3v) is 3.24. The van der Waals surface area contributed by atoms with Gasteiger partial charge in [0, 0.05) is 0 Å². The van der Waals surface area contributed by atoms with Gasteiger partial charge in [-0.2, -0.15) is 0 Å². The average molecular weight is 265 g/mol. The molecule has 1 rings (SSSR count). The van der Waals surface area contributed by atoms with Crippen LogP contribution >= 0.6 is 0 Å². The Bertz CT molecular complexity index is 455. The minimum atomic E-state index is 0.143. The number of rotatable bonds is 7. The van der Waals surface area contributed by atoms with Crippen molar-refractivity contribution >= 4 is 5.78 Å². The fraction of sp³-hybridized carbons (Fsp3) is 0.533. The van der Waals surface area contributed by atoms with E-state index < -0.39 is 0 Å². The van der Waals surface area contributed by atoms with Crippen LogP contribution in [0.25, 0.3) is 0 Å². The molecule has 1 N–H and O–H groups in total. The highest BCUT2D eigenvalue weighted by Gasteiger charge is 2.13. The Kier molecular flexibility index (Phi) is 5.83. The van der Waals surface area contributed by atoms with Gasteiger partial charge in [-0.15, -0.1) is 0 Å². The molecule has 0 spiro atoms. The van der Waals surface area contributed by atoms with Gasteiger partial charge in [0.15, 0.2) is 0 Å². The van der Waals surface area contributed by atoms with E-state index in [9.17, 15) is 4.79 Å². The zero-order valence-electron chi connectivity index (χ0n) is 12.4. The molecule has 4 heteroatoms. The van der Waals surface area contributed by atoms with Crippen LogP contribution in [0.2, 0.25) is 0 Å². The van der Waals surface area contributed by atoms with E-state index in [1.165, 1.54) is 0 Å². The van der Waals surface area contributed by atoms with Crippen molar-refractivity contribution in [3.63, 3.8) is 0 Å². The second kappa shape index (κ2) is 7.14. The molecule has 0 atom stereocenters. The fourth-order valence-electron chi connectivity index (χ4n) is 2.10. The number of nitrogens with one attached hydrogen (secondary N) is 1. The molecule has 0 aromatic heterocycles. The van der Waals surface area contributed by atoms with Crippen molar-refractivity contribution in [2.45, 2.75) is 27.2 Å². The molecule has 0 aliphatic rings. The van der Waals surface area contributed by atoms with E-state index in [0.717, 1.165) is 41.2 Å². The first kappa shape index (κ1) is 15.5. The highest BCUT2D eigenvalue weighted by molar-refractivity contribution is 5.77. The minimum absolute atomic E-state index is 0.143. The van der Waals surface area contributed by atoms with Crippen molar-refractivity contribution in [2.75, 3.05) is 27.3 Å². The third-order valence-electron chi connectivity index (χ3n) is 3.24. The summed E-state index contributed by atoms with van der Waals surface area (Å²) in [5, 5.41) is 3.11. The molecule has 0 aliphatic heterocycles. The lowest BCUT2D eigenvalue weighted by Gasteiger charge is -2.17. The molecule has 0 bridgehead atoms. The Morgan fingerprint density at radius 2 is 1.89 bits per heavy atom. The molecule has 0 heterocycles. The van der Waals surface area contributed by atoms with Crippen LogP contribution in [0, 0.1) is 13.8 Å². The first-order valence-electron chi connectivity index (χ1n) is 6.42. The van der Waals surface area contributed by atoms with Crippen molar-refractivity contribution in [2.24, 2.45) is 0 Å². The molecular formula is C15H23NO3. The number of Topliss-reactive ketones (excluding diaryl/α,β-unsaturated/α-hetero) is 1. The summed E-state index contributed by atoms with van der Waals surface area (Å²) in [7, 11) is 3.35. The Hall–Kier alpha value is -1.55. The summed E-state index contributed by atoms with van der Waals surface area (Å²) in [6.45, 7) is 6.77. The van der Waals surface area contributed by atoms with Gasteiger partial charge in [0.25, 0.3) is 0 Å². The molecule has 0 radical (unpaired) electrons. The molecule has 0 saturated carbocycles. The maximum absolute atomic E-state index is 10.9. The molecule has 0 saturated heterocycles. The van der Waals surface area contributed by atoms with Gasteiger partial charge in [-0.3, -0.25) is 4.79 Å². The van der Waals surface area contributed by atoms with Crippen LogP contribution in [-0.2, 0) is 11.2 Å². The van der Waals surface area contributed by atoms with E-state index in [1.54, 1.807) is 21.1 Å². The number of carbonyl (C=O) groups excluding carboxylic acids is 1. The molecule has 4 nitrogen and oxygen atoms in total. The van der Waals surface area contributed by atoms with Crippen LogP contribution in [0.1, 0.15) is 23.6 Å². The van der Waals surface area contributed by atoms with E-state index >= 15 is 0 Å². The Morgan fingerprint density at radius 1 is 1.21 bits per heavy atom. The van der Waals surface area contributed by atoms with Crippen molar-refractivity contribution in [1.29, 1.82) is 0 Å². The second-order valence-corrected chi connectivity index (χ2v) is 4.65. The standard InChI is InChI=1S/C15H23NO3/c1-10(17)9-16-7-6-13-8-14(18-4)11(2)12(3)15(13)19-5/h8,16H,6-7,9H2,1-5H3. The average Bonchev–Trinajstić information content (AvgIpc) is 2.38. The first-order chi connectivity index (χ1) is 9.01. The van der Waals surface area contributed by atoms with E-state index in [1.807, 2.05) is 19.9 Å². The van der Waals surface area contributed by atoms with Gasteiger partial charge < -0.3 is 14.8 Å². The lowest BCUT2D eigenvalue weighted by Crippen LogP contribution is -2.23. The zero-order chi connectivity index (χ0) is 14.4. The largest absolute Gasteiger partial charge is 0.496 e. The van der Waals surface area contributed by atoms with Gasteiger partial charge in [0.1, 0.15) is 17.3 Å². The minimum Gasteiger partial charge on any atom is -0.496 e. The molecule has 0 aliphatic carbocycles. The number of methoxy groups -OCH3 is 2. The summed E-state index contributed by atoms with van der Waals surface area (Å²) in [6, 6.07) is 2.01. The van der Waals surface area contributed by atoms with Crippen LogP contribution < -0.4 is 14.8 Å². The molecule has 19 heavy (non-hydrogen) atoms. The molecule has 1 aromatic carbocycles. The van der Waals surface area contributed by atoms with Gasteiger partial charge >= 0.3 is 0 Å². The van der Waals surface area contributed by atoms with Crippen LogP contribution in [0.3, 0.4) is 0 Å². The summed E-state index contributed by atoms with van der Waals surface area (Å²) >= 11 is 0. The van der Waals surface area contributed by atoms with Crippen molar-refractivity contribution in [1.82, 2.24) is 5.32 Å². The lowest BCUT2D eigenvalue weighted by molar-refractivity contribution is -0.116. The predicted octanol–water partition coefficient (Wildman–Crippen LogP) is 2.04. The Morgan fingerprint density at radius 3 is 2.42 bits per heavy atom. The SMILES string of the molecule is COc1cc(CCNCC(C)=O)c(OC)c(C)c1C. The smallest absolute Gasteiger partial charge is 0.143 e. The van der Waals surface area contributed by atoms with Crippen LogP contribution in [0.5, 0.6) is 11.5 Å². The van der Waals surface area contributed by atoms with E-state index in [0.29, 0.717) is 6.54 Å². The van der Waals surface area contributed by atoms with Crippen LogP contribution in [0.4, 0.5) is 0 Å². The maximum atomic E-state index is 10.9. The van der Waals surface area contributed by atoms with Gasteiger partial charge in [0.05, 0.1) is 20.8 Å². The molecular weight excluding hydrogens is 242 g/mol. The monoisotopic (exact) mass is 265 g/mol. The number of benzene rings is 1. The fourth-order valence-corrected chi connectivity index (χ4v) is 2.10. The zero-order valence-corrected chi connectivity index (χ0v) is 12.4. The summed E-state index contributed by atoms with van der Waals surface area (Å²) < 4.78 is 10.9. The predicted molar refractivity (Wildman–Crippen MR) is 76.3 cm³/mol. The number of carbonyl (C=O) groups is 1. The summed E-state index contributed by atoms with van der Waals surface area (Å²) in [6.07, 6.45) is 0.800. The van der Waals surface area contributed by atoms with Crippen LogP contribution in [0.15, 0.2) is 6.07 Å². The number of hydrogen-bond donors (Lipinski definition) is 1. The van der Waals surface area contributed by atoms with Crippen molar-refractivity contribution < 1.29 is 14.3 Å². The lowest BCUT2D eigenvalue weighted by atomic mass is 10.0. The highest BCUT2D eigenvalue weighted by atomic mass is 16.5. The van der Waals surface area contributed by atoms with Gasteiger partial charge in [0.2, 0.25) is 0 Å². The van der Waals surface area contributed by atoms with E-state index in [2.05, 4.69) is 5.32 Å². The number of ether oxygens (including phenoxy) is 2. The molecule has 0 unspecified atom stereocenters. The Balaban J connectivity index is 2.86. The third kappa shape index (κ3) is 3.96. The quantitative estimate of drug-likeness (QED) is 0.766. The maximum Gasteiger partial charge on any atom is 0.143 e. The normalized spacial score (nSPS) is 10.4. The summed E-state index contributed by atoms with van der Waals surface area (Å²) in [5.74, 6) is 1.92. The first-order valence-corrected chi connectivity index (χ1v) is 6.42. The van der Waals surface area contributed by atoms with E-state index in [4.69, 9.17) is 9.47 Å². The molecule has 106 valence electrons. The molecule has 0 amide bonds. The van der Waals surface area contributed by atoms with E-state index in [-0.39, 0.29) is 5.78 Å². The number of hydrogen-bond acceptors (Lipinski definition) is 4. The topological polar surface area (TPSA) is 47.6 Å². The second-order valence-electron chi connectivity index (χ2n) is 4.65. The van der Waals surface area contributed by atoms with Crippen molar-refractivity contribution in [3.05, 3.63) is 22.8 Å². The molecule has 0 fully saturated rings. The van der Waals surface area contributed by atoms with Gasteiger partial charge in [-0.1, -0.05) is 0 Å². The summed E-state index contributed by atoms with van der Waals surface area (Å²) in [5.41, 5.74) is 3.29.